The molecule has 0 heterocycles. The first-order valence-electron chi connectivity index (χ1n) is 9.99. The molecule has 0 aliphatic heterocycles. The Bertz CT molecular complexity index is 1000. The molecule has 0 N–H and O–H groups in total. The predicted molar refractivity (Wildman–Crippen MR) is 133 cm³/mol. The van der Waals surface area contributed by atoms with Gasteiger partial charge in [-0.25, -0.2) is 0 Å². The summed E-state index contributed by atoms with van der Waals surface area (Å²) >= 11 is 1.44. The van der Waals surface area contributed by atoms with Gasteiger partial charge >= 0.3 is 0 Å². The van der Waals surface area contributed by atoms with Crippen molar-refractivity contribution in [2.75, 3.05) is 5.49 Å². The summed E-state index contributed by atoms with van der Waals surface area (Å²) in [5.74, 6) is 0. The number of thioether (sulfide) groups is 1. The number of aryl methyl sites for hydroxylation is 1. The minimum absolute atomic E-state index is 0. The molecule has 31 heavy (non-hydrogen) atoms. The van der Waals surface area contributed by atoms with E-state index in [2.05, 4.69) is 91.0 Å². The number of carbonyl (C=O) groups excluding carboxylic acids is 1. The van der Waals surface area contributed by atoms with Crippen molar-refractivity contribution in [3.8, 4) is 0 Å². The zero-order valence-corrected chi connectivity index (χ0v) is 20.6. The molecule has 1 nitrogen and oxygen atoms in total. The second-order valence-electron chi connectivity index (χ2n) is 7.24. The third-order valence-electron chi connectivity index (χ3n) is 5.27. The van der Waals surface area contributed by atoms with E-state index < -0.39 is 7.26 Å². The van der Waals surface area contributed by atoms with Crippen LogP contribution in [0.15, 0.2) is 115 Å². The number of rotatable bonds is 6. The van der Waals surface area contributed by atoms with Crippen LogP contribution >= 0.6 is 19.0 Å². The van der Waals surface area contributed by atoms with Gasteiger partial charge in [-0.3, -0.25) is 4.79 Å². The molecule has 4 aromatic carbocycles. The summed E-state index contributed by atoms with van der Waals surface area (Å²) in [6.45, 7) is 2.04. The van der Waals surface area contributed by atoms with Crippen molar-refractivity contribution < 1.29 is 21.8 Å². The van der Waals surface area contributed by atoms with Crippen LogP contribution in [0.4, 0.5) is 0 Å². The molecule has 0 saturated heterocycles. The van der Waals surface area contributed by atoms with Crippen molar-refractivity contribution in [3.05, 3.63) is 126 Å². The normalized spacial score (nSPS) is 10.9. The first kappa shape index (κ1) is 23.5. The van der Waals surface area contributed by atoms with E-state index in [0.717, 1.165) is 16.6 Å². The number of hydrogen-bond donors (Lipinski definition) is 0. The molecule has 0 bridgehead atoms. The van der Waals surface area contributed by atoms with Crippen LogP contribution in [-0.4, -0.2) is 10.6 Å². The Morgan fingerprint density at radius 2 is 1.03 bits per heavy atom. The fraction of sp³-hybridized carbons (Fsp3) is 0.0741. The van der Waals surface area contributed by atoms with E-state index in [4.69, 9.17) is 0 Å². The molecule has 0 unspecified atom stereocenters. The summed E-state index contributed by atoms with van der Waals surface area (Å²) in [6, 6.07) is 39.9. The highest BCUT2D eigenvalue weighted by molar-refractivity contribution is 8.22. The minimum Gasteiger partial charge on any atom is -1.00 e. The number of benzene rings is 4. The quantitative estimate of drug-likeness (QED) is 0.374. The fourth-order valence-electron chi connectivity index (χ4n) is 3.65. The lowest BCUT2D eigenvalue weighted by atomic mass is 10.2. The van der Waals surface area contributed by atoms with Crippen molar-refractivity contribution in [1.29, 1.82) is 0 Å². The maximum atomic E-state index is 13.1. The smallest absolute Gasteiger partial charge is 0.222 e. The lowest BCUT2D eigenvalue weighted by Gasteiger charge is -2.27. The highest BCUT2D eigenvalue weighted by atomic mass is 79.9. The lowest BCUT2D eigenvalue weighted by Crippen LogP contribution is -3.00. The van der Waals surface area contributed by atoms with E-state index >= 15 is 0 Å². The van der Waals surface area contributed by atoms with Crippen molar-refractivity contribution in [1.82, 2.24) is 0 Å². The van der Waals surface area contributed by atoms with Gasteiger partial charge in [-0.05, 0) is 55.1 Å². The van der Waals surface area contributed by atoms with Crippen molar-refractivity contribution >= 4 is 40.1 Å². The highest BCUT2D eigenvalue weighted by Crippen LogP contribution is 2.57. The van der Waals surface area contributed by atoms with Gasteiger partial charge in [0.25, 0.3) is 0 Å². The molecule has 0 aliphatic rings. The molecule has 0 saturated carbocycles. The molecule has 0 aliphatic carbocycles. The Morgan fingerprint density at radius 3 is 1.42 bits per heavy atom. The van der Waals surface area contributed by atoms with Crippen LogP contribution in [0, 0.1) is 6.92 Å². The number of carbonyl (C=O) groups is 1. The lowest BCUT2D eigenvalue weighted by molar-refractivity contribution is -0.0000126. The number of hydrogen-bond acceptors (Lipinski definition) is 2. The molecule has 0 aromatic heterocycles. The molecule has 4 aromatic rings. The van der Waals surface area contributed by atoms with Crippen LogP contribution in [-0.2, 0) is 0 Å². The summed E-state index contributed by atoms with van der Waals surface area (Å²) in [6.07, 6.45) is 0. The molecular weight excluding hydrogens is 483 g/mol. The topological polar surface area (TPSA) is 17.1 Å². The Morgan fingerprint density at radius 1 is 0.645 bits per heavy atom. The molecular formula is C27H24BrOPS. The molecule has 4 heteroatoms. The van der Waals surface area contributed by atoms with Gasteiger partial charge in [0.15, 0.2) is 0 Å². The summed E-state index contributed by atoms with van der Waals surface area (Å²) in [7, 11) is -1.99. The van der Waals surface area contributed by atoms with Crippen LogP contribution < -0.4 is 32.9 Å². The summed E-state index contributed by atoms with van der Waals surface area (Å²) < 4.78 is 0. The van der Waals surface area contributed by atoms with Gasteiger partial charge < -0.3 is 17.0 Å². The zero-order valence-electron chi connectivity index (χ0n) is 17.3. The van der Waals surface area contributed by atoms with Crippen molar-refractivity contribution in [2.24, 2.45) is 0 Å². The first-order chi connectivity index (χ1) is 14.7. The van der Waals surface area contributed by atoms with Gasteiger partial charge in [-0.2, -0.15) is 0 Å². The van der Waals surface area contributed by atoms with Crippen molar-refractivity contribution in [3.63, 3.8) is 0 Å². The average Bonchev–Trinajstić information content (AvgIpc) is 2.82. The Hall–Kier alpha value is -2.19. The van der Waals surface area contributed by atoms with E-state index in [0.29, 0.717) is 0 Å². The standard InChI is InChI=1S/C27H24OPS.BrH/c1-22-17-19-23(20-18-22)27(28)30-21-29(24-11-5-2-6-12-24,25-13-7-3-8-14-25)26-15-9-4-10-16-26;/h2-20H,21H2,1H3;1H/q+1;/p-1. The average molecular weight is 507 g/mol. The second kappa shape index (κ2) is 10.9. The van der Waals surface area contributed by atoms with Gasteiger partial charge in [0.2, 0.25) is 5.12 Å². The van der Waals surface area contributed by atoms with Gasteiger partial charge in [0.1, 0.15) is 28.7 Å². The zero-order chi connectivity index (χ0) is 20.8. The van der Waals surface area contributed by atoms with E-state index in [-0.39, 0.29) is 22.1 Å². The SMILES string of the molecule is Cc1ccc(C(=O)SC[P+](c2ccccc2)(c2ccccc2)c2ccccc2)cc1.[Br-]. The van der Waals surface area contributed by atoms with Crippen LogP contribution in [0.1, 0.15) is 15.9 Å². The van der Waals surface area contributed by atoms with E-state index in [1.165, 1.54) is 27.7 Å². The molecule has 0 atom stereocenters. The Kier molecular flexibility index (Phi) is 8.26. The van der Waals surface area contributed by atoms with E-state index in [1.54, 1.807) is 0 Å². The van der Waals surface area contributed by atoms with Crippen LogP contribution in [0.2, 0.25) is 0 Å². The van der Waals surface area contributed by atoms with Gasteiger partial charge in [0, 0.05) is 5.56 Å². The van der Waals surface area contributed by atoms with Crippen molar-refractivity contribution in [2.45, 2.75) is 6.92 Å². The maximum Gasteiger partial charge on any atom is 0.222 e. The largest absolute Gasteiger partial charge is 1.00 e. The summed E-state index contributed by atoms with van der Waals surface area (Å²) in [4.78, 5) is 13.1. The van der Waals surface area contributed by atoms with Gasteiger partial charge in [-0.1, -0.05) is 84.4 Å². The summed E-state index contributed by atoms with van der Waals surface area (Å²) in [5, 5.41) is 4.02. The fourth-order valence-corrected chi connectivity index (χ4v) is 9.92. The minimum atomic E-state index is -1.99. The molecule has 4 rings (SSSR count). The molecule has 0 fully saturated rings. The third-order valence-corrected chi connectivity index (χ3v) is 11.4. The maximum absolute atomic E-state index is 13.1. The predicted octanol–water partition coefficient (Wildman–Crippen LogP) is 2.82. The molecule has 0 spiro atoms. The molecule has 156 valence electrons. The second-order valence-corrected chi connectivity index (χ2v) is 12.1. The van der Waals surface area contributed by atoms with E-state index in [9.17, 15) is 4.79 Å². The Balaban J connectivity index is 0.00000272. The number of halogens is 1. The van der Waals surface area contributed by atoms with E-state index in [1.807, 2.05) is 31.2 Å². The third kappa shape index (κ3) is 5.18. The molecule has 0 radical (unpaired) electrons. The van der Waals surface area contributed by atoms with Crippen LogP contribution in [0.25, 0.3) is 0 Å². The monoisotopic (exact) mass is 506 g/mol. The Labute approximate surface area is 200 Å². The van der Waals surface area contributed by atoms with Gasteiger partial charge in [0.05, 0.1) is 0 Å². The summed E-state index contributed by atoms with van der Waals surface area (Å²) in [5.41, 5.74) is 2.66. The first-order valence-corrected chi connectivity index (χ1v) is 12.9. The van der Waals surface area contributed by atoms with Crippen LogP contribution in [0.3, 0.4) is 0 Å². The van der Waals surface area contributed by atoms with Gasteiger partial charge in [-0.15, -0.1) is 0 Å². The highest BCUT2D eigenvalue weighted by Gasteiger charge is 2.45. The van der Waals surface area contributed by atoms with Crippen LogP contribution in [0.5, 0.6) is 0 Å². The molecule has 0 amide bonds.